The van der Waals surface area contributed by atoms with Gasteiger partial charge in [0.2, 0.25) is 0 Å². The van der Waals surface area contributed by atoms with Crippen LogP contribution in [0.3, 0.4) is 0 Å². The summed E-state index contributed by atoms with van der Waals surface area (Å²) >= 11 is 19.5. The molecule has 2 N–H and O–H groups in total. The standard InChI is InChI=1S/C18H12Cl3N3O2S/c19-12-5-3-6-13(20)11(12)8-23-24-15(25)9-22-18(26)17-16(21)10-4-1-2-7-14(10)27-17/h1-8H,9H2,(H,22,26)(H,24,25)/b23-8-. The molecule has 1 aromatic heterocycles. The molecule has 0 radical (unpaired) electrons. The zero-order chi connectivity index (χ0) is 19.4. The monoisotopic (exact) mass is 439 g/mol. The van der Waals surface area contributed by atoms with Crippen molar-refractivity contribution in [3.05, 3.63) is 68.0 Å². The Hall–Kier alpha value is -2.12. The molecular formula is C18H12Cl3N3O2S. The second-order valence-electron chi connectivity index (χ2n) is 5.35. The van der Waals surface area contributed by atoms with Crippen LogP contribution in [0.15, 0.2) is 47.6 Å². The summed E-state index contributed by atoms with van der Waals surface area (Å²) in [4.78, 5) is 24.5. The summed E-state index contributed by atoms with van der Waals surface area (Å²) in [5, 5.41) is 8.32. The van der Waals surface area contributed by atoms with E-state index in [1.165, 1.54) is 17.6 Å². The minimum Gasteiger partial charge on any atom is -0.342 e. The Morgan fingerprint density at radius 3 is 2.44 bits per heavy atom. The molecular weight excluding hydrogens is 429 g/mol. The number of halogens is 3. The van der Waals surface area contributed by atoms with E-state index in [0.29, 0.717) is 25.5 Å². The molecule has 0 saturated heterocycles. The number of carbonyl (C=O) groups excluding carboxylic acids is 2. The molecule has 1 heterocycles. The van der Waals surface area contributed by atoms with Crippen molar-refractivity contribution in [1.29, 1.82) is 0 Å². The molecule has 3 aromatic rings. The fourth-order valence-electron chi connectivity index (χ4n) is 2.24. The Kier molecular flexibility index (Phi) is 6.34. The molecule has 0 fully saturated rings. The second kappa shape index (κ2) is 8.71. The van der Waals surface area contributed by atoms with Crippen molar-refractivity contribution in [2.75, 3.05) is 6.54 Å². The molecule has 138 valence electrons. The number of carbonyl (C=O) groups is 2. The van der Waals surface area contributed by atoms with E-state index in [-0.39, 0.29) is 6.54 Å². The first-order chi connectivity index (χ1) is 13.0. The Bertz CT molecular complexity index is 1030. The fraction of sp³-hybridized carbons (Fsp3) is 0.0556. The van der Waals surface area contributed by atoms with Crippen LogP contribution in [-0.4, -0.2) is 24.6 Å². The molecule has 0 bridgehead atoms. The van der Waals surface area contributed by atoms with Crippen molar-refractivity contribution in [1.82, 2.24) is 10.7 Å². The lowest BCUT2D eigenvalue weighted by molar-refractivity contribution is -0.120. The largest absolute Gasteiger partial charge is 0.342 e. The number of rotatable bonds is 5. The van der Waals surface area contributed by atoms with Gasteiger partial charge in [0, 0.05) is 15.6 Å². The fourth-order valence-corrected chi connectivity index (χ4v) is 4.17. The van der Waals surface area contributed by atoms with E-state index in [9.17, 15) is 9.59 Å². The van der Waals surface area contributed by atoms with Crippen LogP contribution in [0.5, 0.6) is 0 Å². The highest BCUT2D eigenvalue weighted by molar-refractivity contribution is 7.21. The Morgan fingerprint density at radius 2 is 1.74 bits per heavy atom. The Labute approximate surface area is 173 Å². The van der Waals surface area contributed by atoms with Gasteiger partial charge in [-0.1, -0.05) is 59.1 Å². The van der Waals surface area contributed by atoms with Crippen molar-refractivity contribution >= 4 is 74.3 Å². The normalized spacial score (nSPS) is 11.1. The van der Waals surface area contributed by atoms with Gasteiger partial charge in [-0.05, 0) is 18.2 Å². The molecule has 0 spiro atoms. The number of nitrogens with one attached hydrogen (secondary N) is 2. The molecule has 9 heteroatoms. The van der Waals surface area contributed by atoms with Crippen molar-refractivity contribution in [2.24, 2.45) is 5.10 Å². The lowest BCUT2D eigenvalue weighted by atomic mass is 10.2. The average molecular weight is 441 g/mol. The summed E-state index contributed by atoms with van der Waals surface area (Å²) in [6, 6.07) is 12.5. The molecule has 0 unspecified atom stereocenters. The highest BCUT2D eigenvalue weighted by Gasteiger charge is 2.17. The van der Waals surface area contributed by atoms with Gasteiger partial charge in [-0.2, -0.15) is 5.10 Å². The number of hydrazone groups is 1. The number of thiophene rings is 1. The first-order valence-electron chi connectivity index (χ1n) is 7.68. The molecule has 0 atom stereocenters. The zero-order valence-electron chi connectivity index (χ0n) is 13.6. The van der Waals surface area contributed by atoms with Gasteiger partial charge in [0.15, 0.2) is 0 Å². The third-order valence-corrected chi connectivity index (χ3v) is 5.87. The first kappa shape index (κ1) is 19.6. The van der Waals surface area contributed by atoms with Crippen LogP contribution in [0.25, 0.3) is 10.1 Å². The Morgan fingerprint density at radius 1 is 1.04 bits per heavy atom. The van der Waals surface area contributed by atoms with E-state index < -0.39 is 11.8 Å². The smallest absolute Gasteiger partial charge is 0.263 e. The van der Waals surface area contributed by atoms with Gasteiger partial charge in [0.05, 0.1) is 27.8 Å². The number of fused-ring (bicyclic) bond motifs is 1. The minimum absolute atomic E-state index is 0.253. The number of benzene rings is 2. The predicted molar refractivity (Wildman–Crippen MR) is 111 cm³/mol. The third kappa shape index (κ3) is 4.59. The lowest BCUT2D eigenvalue weighted by Crippen LogP contribution is -2.34. The van der Waals surface area contributed by atoms with Gasteiger partial charge in [0.1, 0.15) is 4.88 Å². The van der Waals surface area contributed by atoms with Crippen LogP contribution in [-0.2, 0) is 4.79 Å². The maximum atomic E-state index is 12.3. The molecule has 27 heavy (non-hydrogen) atoms. The van der Waals surface area contributed by atoms with Crippen LogP contribution in [0.2, 0.25) is 15.1 Å². The van der Waals surface area contributed by atoms with Crippen LogP contribution in [0, 0.1) is 0 Å². The topological polar surface area (TPSA) is 70.6 Å². The van der Waals surface area contributed by atoms with Crippen molar-refractivity contribution in [3.63, 3.8) is 0 Å². The third-order valence-electron chi connectivity index (χ3n) is 3.53. The van der Waals surface area contributed by atoms with Gasteiger partial charge in [-0.3, -0.25) is 9.59 Å². The molecule has 5 nitrogen and oxygen atoms in total. The van der Waals surface area contributed by atoms with E-state index in [1.807, 2.05) is 24.3 Å². The molecule has 0 aliphatic heterocycles. The highest BCUT2D eigenvalue weighted by atomic mass is 35.5. The summed E-state index contributed by atoms with van der Waals surface area (Å²) in [5.41, 5.74) is 2.79. The van der Waals surface area contributed by atoms with Crippen LogP contribution < -0.4 is 10.7 Å². The van der Waals surface area contributed by atoms with Crippen molar-refractivity contribution < 1.29 is 9.59 Å². The molecule has 3 rings (SSSR count). The molecule has 0 aliphatic carbocycles. The lowest BCUT2D eigenvalue weighted by Gasteiger charge is -2.03. The van der Waals surface area contributed by atoms with E-state index in [4.69, 9.17) is 34.8 Å². The zero-order valence-corrected chi connectivity index (χ0v) is 16.7. The van der Waals surface area contributed by atoms with Gasteiger partial charge in [-0.25, -0.2) is 5.43 Å². The maximum Gasteiger partial charge on any atom is 0.263 e. The number of hydrogen-bond acceptors (Lipinski definition) is 4. The minimum atomic E-state index is -0.500. The van der Waals surface area contributed by atoms with Gasteiger partial charge in [-0.15, -0.1) is 11.3 Å². The summed E-state index contributed by atoms with van der Waals surface area (Å²) in [5.74, 6) is -0.922. The molecule has 2 aromatic carbocycles. The second-order valence-corrected chi connectivity index (χ2v) is 7.60. The van der Waals surface area contributed by atoms with E-state index in [0.717, 1.165) is 10.1 Å². The summed E-state index contributed by atoms with van der Waals surface area (Å²) in [6.45, 7) is -0.253. The van der Waals surface area contributed by atoms with E-state index in [2.05, 4.69) is 15.8 Å². The summed E-state index contributed by atoms with van der Waals surface area (Å²) in [6.07, 6.45) is 1.34. The van der Waals surface area contributed by atoms with Crippen LogP contribution in [0.4, 0.5) is 0 Å². The SMILES string of the molecule is O=C(CNC(=O)c1sc2ccccc2c1Cl)N/N=C\c1c(Cl)cccc1Cl. The van der Waals surface area contributed by atoms with E-state index >= 15 is 0 Å². The van der Waals surface area contributed by atoms with Crippen LogP contribution in [0.1, 0.15) is 15.2 Å². The molecule has 0 saturated carbocycles. The van der Waals surface area contributed by atoms with Gasteiger partial charge < -0.3 is 5.32 Å². The molecule has 0 aliphatic rings. The number of amides is 2. The number of nitrogens with zero attached hydrogens (tertiary/aromatic N) is 1. The quantitative estimate of drug-likeness (QED) is 0.444. The summed E-state index contributed by atoms with van der Waals surface area (Å²) < 4.78 is 0.901. The Balaban J connectivity index is 1.58. The highest BCUT2D eigenvalue weighted by Crippen LogP contribution is 2.34. The van der Waals surface area contributed by atoms with Crippen LogP contribution >= 0.6 is 46.1 Å². The summed E-state index contributed by atoms with van der Waals surface area (Å²) in [7, 11) is 0. The predicted octanol–water partition coefficient (Wildman–Crippen LogP) is 4.74. The van der Waals surface area contributed by atoms with E-state index in [1.54, 1.807) is 18.2 Å². The number of hydrogen-bond donors (Lipinski definition) is 2. The molecule has 2 amide bonds. The van der Waals surface area contributed by atoms with Crippen molar-refractivity contribution in [3.8, 4) is 0 Å². The van der Waals surface area contributed by atoms with Gasteiger partial charge in [0.25, 0.3) is 11.8 Å². The van der Waals surface area contributed by atoms with Gasteiger partial charge >= 0.3 is 0 Å². The van der Waals surface area contributed by atoms with Crippen molar-refractivity contribution in [2.45, 2.75) is 0 Å². The maximum absolute atomic E-state index is 12.3. The first-order valence-corrected chi connectivity index (χ1v) is 9.63. The average Bonchev–Trinajstić information content (AvgIpc) is 2.99.